The van der Waals surface area contributed by atoms with Crippen LogP contribution in [0.15, 0.2) is 24.3 Å². The summed E-state index contributed by atoms with van der Waals surface area (Å²) in [4.78, 5) is 0. The van der Waals surface area contributed by atoms with Gasteiger partial charge in [-0.25, -0.2) is 0 Å². The van der Waals surface area contributed by atoms with Crippen LogP contribution >= 0.6 is 22.6 Å². The Kier molecular flexibility index (Phi) is 5.21. The molecule has 17 heavy (non-hydrogen) atoms. The average molecular weight is 359 g/mol. The van der Waals surface area contributed by atoms with Crippen LogP contribution in [0.2, 0.25) is 0 Å². The third kappa shape index (κ3) is 4.81. The molecule has 0 aliphatic carbocycles. The minimum absolute atomic E-state index is 0.232. The first-order valence-electron chi connectivity index (χ1n) is 5.04. The number of aliphatic hydroxyl groups is 1. The third-order valence-corrected chi connectivity index (χ3v) is 3.08. The van der Waals surface area contributed by atoms with Gasteiger partial charge in [0.2, 0.25) is 0 Å². The zero-order chi connectivity index (χ0) is 13.1. The normalized spacial score (nSPS) is 15.6. The Hall–Kier alpha value is -0.340. The molecular weight excluding hydrogens is 346 g/mol. The molecule has 0 bridgehead atoms. The Morgan fingerprint density at radius 2 is 1.82 bits per heavy atom. The molecule has 2 unspecified atom stereocenters. The molecule has 2 atom stereocenters. The van der Waals surface area contributed by atoms with Crippen LogP contribution < -0.4 is 5.32 Å². The van der Waals surface area contributed by atoms with Gasteiger partial charge in [0.05, 0.1) is 0 Å². The van der Waals surface area contributed by atoms with Crippen molar-refractivity contribution in [3.8, 4) is 0 Å². The van der Waals surface area contributed by atoms with Crippen LogP contribution in [0.3, 0.4) is 0 Å². The lowest BCUT2D eigenvalue weighted by molar-refractivity contribution is -0.202. The largest absolute Gasteiger partial charge is 0.415 e. The zero-order valence-corrected chi connectivity index (χ0v) is 11.3. The third-order valence-electron chi connectivity index (χ3n) is 2.37. The van der Waals surface area contributed by atoms with E-state index in [0.29, 0.717) is 0 Å². The van der Waals surface area contributed by atoms with Crippen molar-refractivity contribution in [1.29, 1.82) is 0 Å². The maximum absolute atomic E-state index is 12.1. The summed E-state index contributed by atoms with van der Waals surface area (Å²) in [5.41, 5.74) is 0.889. The molecule has 0 saturated carbocycles. The van der Waals surface area contributed by atoms with Crippen LogP contribution in [0.1, 0.15) is 18.5 Å². The molecule has 1 aromatic rings. The van der Waals surface area contributed by atoms with Crippen molar-refractivity contribution in [2.75, 3.05) is 6.54 Å². The van der Waals surface area contributed by atoms with Gasteiger partial charge in [-0.15, -0.1) is 0 Å². The fraction of sp³-hybridized carbons (Fsp3) is 0.455. The highest BCUT2D eigenvalue weighted by Crippen LogP contribution is 2.20. The molecule has 0 fully saturated rings. The second-order valence-electron chi connectivity index (χ2n) is 3.74. The van der Waals surface area contributed by atoms with Crippen LogP contribution in [0.25, 0.3) is 0 Å². The van der Waals surface area contributed by atoms with Gasteiger partial charge in [-0.05, 0) is 47.2 Å². The SMILES string of the molecule is CC(NCC(O)C(F)(F)F)c1ccc(I)cc1. The van der Waals surface area contributed by atoms with Gasteiger partial charge in [0.25, 0.3) is 0 Å². The minimum atomic E-state index is -4.57. The average Bonchev–Trinajstić information content (AvgIpc) is 2.25. The number of hydrogen-bond donors (Lipinski definition) is 2. The lowest BCUT2D eigenvalue weighted by atomic mass is 10.1. The van der Waals surface area contributed by atoms with Gasteiger partial charge in [0, 0.05) is 16.2 Å². The first kappa shape index (κ1) is 14.7. The Bertz CT molecular complexity index is 353. The monoisotopic (exact) mass is 359 g/mol. The standard InChI is InChI=1S/C11H13F3INO/c1-7(8-2-4-9(15)5-3-8)16-6-10(17)11(12,13)14/h2-5,7,10,16-17H,6H2,1H3. The van der Waals surface area contributed by atoms with E-state index >= 15 is 0 Å². The Balaban J connectivity index is 2.50. The molecule has 0 radical (unpaired) electrons. The number of alkyl halides is 3. The maximum Gasteiger partial charge on any atom is 0.415 e. The van der Waals surface area contributed by atoms with Crippen molar-refractivity contribution in [2.45, 2.75) is 25.2 Å². The van der Waals surface area contributed by atoms with Crippen molar-refractivity contribution in [3.05, 3.63) is 33.4 Å². The summed E-state index contributed by atoms with van der Waals surface area (Å²) < 4.78 is 37.3. The number of rotatable bonds is 4. The number of aliphatic hydroxyl groups excluding tert-OH is 1. The van der Waals surface area contributed by atoms with Gasteiger partial charge in [0.1, 0.15) is 0 Å². The summed E-state index contributed by atoms with van der Waals surface area (Å²) in [5.74, 6) is 0. The topological polar surface area (TPSA) is 32.3 Å². The second kappa shape index (κ2) is 6.01. The maximum atomic E-state index is 12.1. The van der Waals surface area contributed by atoms with Gasteiger partial charge in [0.15, 0.2) is 6.10 Å². The molecule has 96 valence electrons. The second-order valence-corrected chi connectivity index (χ2v) is 4.98. The van der Waals surface area contributed by atoms with Gasteiger partial charge >= 0.3 is 6.18 Å². The number of hydrogen-bond acceptors (Lipinski definition) is 2. The molecule has 6 heteroatoms. The van der Waals surface area contributed by atoms with E-state index in [4.69, 9.17) is 5.11 Å². The van der Waals surface area contributed by atoms with E-state index < -0.39 is 18.8 Å². The molecule has 1 rings (SSSR count). The van der Waals surface area contributed by atoms with Gasteiger partial charge < -0.3 is 10.4 Å². The predicted octanol–water partition coefficient (Wildman–Crippen LogP) is 2.87. The molecule has 0 aliphatic heterocycles. The molecule has 2 nitrogen and oxygen atoms in total. The van der Waals surface area contributed by atoms with E-state index in [1.54, 1.807) is 6.92 Å². The van der Waals surface area contributed by atoms with Gasteiger partial charge in [-0.2, -0.15) is 13.2 Å². The van der Waals surface area contributed by atoms with Crippen molar-refractivity contribution in [3.63, 3.8) is 0 Å². The Morgan fingerprint density at radius 3 is 2.29 bits per heavy atom. The van der Waals surface area contributed by atoms with E-state index in [-0.39, 0.29) is 6.04 Å². The van der Waals surface area contributed by atoms with Crippen LogP contribution in [0.4, 0.5) is 13.2 Å². The molecule has 0 aliphatic rings. The summed E-state index contributed by atoms with van der Waals surface area (Å²) in [7, 11) is 0. The zero-order valence-electron chi connectivity index (χ0n) is 9.13. The molecule has 0 aromatic heterocycles. The number of nitrogens with one attached hydrogen (secondary N) is 1. The molecule has 0 saturated heterocycles. The van der Waals surface area contributed by atoms with E-state index in [9.17, 15) is 13.2 Å². The van der Waals surface area contributed by atoms with Gasteiger partial charge in [-0.1, -0.05) is 12.1 Å². The van der Waals surface area contributed by atoms with Crippen molar-refractivity contribution < 1.29 is 18.3 Å². The fourth-order valence-electron chi connectivity index (χ4n) is 1.27. The molecule has 0 heterocycles. The molecule has 0 amide bonds. The van der Waals surface area contributed by atoms with Crippen molar-refractivity contribution in [2.24, 2.45) is 0 Å². The van der Waals surface area contributed by atoms with Crippen LogP contribution in [0.5, 0.6) is 0 Å². The highest BCUT2D eigenvalue weighted by atomic mass is 127. The fourth-order valence-corrected chi connectivity index (χ4v) is 1.63. The van der Waals surface area contributed by atoms with Crippen molar-refractivity contribution >= 4 is 22.6 Å². The molecule has 1 aromatic carbocycles. The van der Waals surface area contributed by atoms with Gasteiger partial charge in [-0.3, -0.25) is 0 Å². The first-order chi connectivity index (χ1) is 7.80. The smallest absolute Gasteiger partial charge is 0.382 e. The number of benzene rings is 1. The van der Waals surface area contributed by atoms with Crippen LogP contribution in [-0.2, 0) is 0 Å². The summed E-state index contributed by atoms with van der Waals surface area (Å²) in [5, 5.41) is 11.5. The predicted molar refractivity (Wildman–Crippen MR) is 67.6 cm³/mol. The van der Waals surface area contributed by atoms with E-state index in [0.717, 1.165) is 9.13 Å². The lowest BCUT2D eigenvalue weighted by Gasteiger charge is -2.19. The summed E-state index contributed by atoms with van der Waals surface area (Å²) in [6.07, 6.45) is -6.90. The Labute approximate surface area is 111 Å². The highest BCUT2D eigenvalue weighted by Gasteiger charge is 2.37. The summed E-state index contributed by atoms with van der Waals surface area (Å²) >= 11 is 2.15. The lowest BCUT2D eigenvalue weighted by Crippen LogP contribution is -2.39. The summed E-state index contributed by atoms with van der Waals surface area (Å²) in [6.45, 7) is 1.25. The van der Waals surface area contributed by atoms with E-state index in [2.05, 4.69) is 27.9 Å². The molecule has 2 N–H and O–H groups in total. The van der Waals surface area contributed by atoms with Crippen molar-refractivity contribution in [1.82, 2.24) is 5.32 Å². The number of halogens is 4. The Morgan fingerprint density at radius 1 is 1.29 bits per heavy atom. The van der Waals surface area contributed by atoms with E-state index in [1.807, 2.05) is 24.3 Å². The van der Waals surface area contributed by atoms with E-state index in [1.165, 1.54) is 0 Å². The molecule has 0 spiro atoms. The summed E-state index contributed by atoms with van der Waals surface area (Å²) in [6, 6.07) is 7.23. The minimum Gasteiger partial charge on any atom is -0.382 e. The first-order valence-corrected chi connectivity index (χ1v) is 6.12. The van der Waals surface area contributed by atoms with Crippen LogP contribution in [0, 0.1) is 3.57 Å². The highest BCUT2D eigenvalue weighted by molar-refractivity contribution is 14.1. The molecular formula is C11H13F3INO. The quantitative estimate of drug-likeness (QED) is 0.811. The van der Waals surface area contributed by atoms with Crippen LogP contribution in [-0.4, -0.2) is 23.9 Å².